The van der Waals surface area contributed by atoms with E-state index in [0.29, 0.717) is 26.8 Å². The first-order valence-electron chi connectivity index (χ1n) is 10.6. The maximum absolute atomic E-state index is 12.6. The minimum absolute atomic E-state index is 0.121. The Morgan fingerprint density at radius 2 is 1.77 bits per heavy atom. The van der Waals surface area contributed by atoms with Gasteiger partial charge in [0.1, 0.15) is 0 Å². The molecule has 2 fully saturated rings. The van der Waals surface area contributed by atoms with E-state index in [1.54, 1.807) is 24.3 Å². The Balaban J connectivity index is 1.21. The predicted molar refractivity (Wildman–Crippen MR) is 125 cm³/mol. The third-order valence-corrected chi connectivity index (χ3v) is 8.07. The van der Waals surface area contributed by atoms with Gasteiger partial charge in [0.15, 0.2) is 4.34 Å². The summed E-state index contributed by atoms with van der Waals surface area (Å²) >= 11 is 8.39. The number of benzene rings is 1. The van der Waals surface area contributed by atoms with Gasteiger partial charge in [0.25, 0.3) is 5.91 Å². The number of carbonyl (C=O) groups is 2. The smallest absolute Gasteiger partial charge is 0.286 e. The molecule has 0 bridgehead atoms. The summed E-state index contributed by atoms with van der Waals surface area (Å²) in [6.45, 7) is 3.52. The molecule has 1 aliphatic carbocycles. The van der Waals surface area contributed by atoms with Gasteiger partial charge in [-0.1, -0.05) is 54.0 Å². The van der Waals surface area contributed by atoms with Crippen molar-refractivity contribution in [2.24, 2.45) is 0 Å². The van der Waals surface area contributed by atoms with Crippen molar-refractivity contribution in [3.63, 3.8) is 0 Å². The molecule has 7 nitrogen and oxygen atoms in total. The molecule has 1 saturated heterocycles. The normalized spacial score (nSPS) is 18.2. The third kappa shape index (κ3) is 6.19. The number of carbonyl (C=O) groups excluding carboxylic acids is 2. The Kier molecular flexibility index (Phi) is 7.81. The van der Waals surface area contributed by atoms with Crippen molar-refractivity contribution in [1.29, 1.82) is 0 Å². The number of aromatic nitrogens is 2. The topological polar surface area (TPSA) is 78.4 Å². The van der Waals surface area contributed by atoms with E-state index in [1.807, 2.05) is 4.90 Å². The minimum Gasteiger partial charge on any atom is -0.339 e. The molecule has 10 heteroatoms. The molecule has 2 aliphatic rings. The summed E-state index contributed by atoms with van der Waals surface area (Å²) in [5.41, 5.74) is 0.640. The zero-order valence-electron chi connectivity index (χ0n) is 17.3. The van der Waals surface area contributed by atoms with E-state index in [0.717, 1.165) is 26.2 Å². The molecule has 1 aromatic carbocycles. The van der Waals surface area contributed by atoms with Crippen LogP contribution >= 0.6 is 34.7 Å². The van der Waals surface area contributed by atoms with Gasteiger partial charge in [-0.2, -0.15) is 0 Å². The van der Waals surface area contributed by atoms with E-state index >= 15 is 0 Å². The third-order valence-electron chi connectivity index (χ3n) is 5.78. The zero-order chi connectivity index (χ0) is 21.6. The first-order chi connectivity index (χ1) is 15.1. The van der Waals surface area contributed by atoms with E-state index < -0.39 is 0 Å². The lowest BCUT2D eigenvalue weighted by Gasteiger charge is -2.40. The minimum atomic E-state index is -0.322. The fraction of sp³-hybridized carbons (Fsp3) is 0.524. The lowest BCUT2D eigenvalue weighted by atomic mass is 9.94. The Bertz CT molecular complexity index is 893. The number of anilines is 1. The second kappa shape index (κ2) is 10.8. The molecule has 0 spiro atoms. The SMILES string of the molecule is O=C(Nc1ccc(Cl)cc1)c1nnc(SCC(=O)N2CCN(C3CCCCC3)CC2)s1. The highest BCUT2D eigenvalue weighted by Gasteiger charge is 2.27. The van der Waals surface area contributed by atoms with Crippen molar-refractivity contribution in [2.75, 3.05) is 37.2 Å². The Morgan fingerprint density at radius 1 is 1.06 bits per heavy atom. The maximum atomic E-state index is 12.6. The number of rotatable bonds is 6. The standard InChI is InChI=1S/C21H26ClN5O2S2/c22-15-6-8-16(9-7-15)23-19(29)20-24-25-21(31-20)30-14-18(28)27-12-10-26(11-13-27)17-4-2-1-3-5-17/h6-9,17H,1-5,10-14H2,(H,23,29). The van der Waals surface area contributed by atoms with E-state index in [2.05, 4.69) is 20.4 Å². The average Bonchev–Trinajstić information content (AvgIpc) is 3.29. The summed E-state index contributed by atoms with van der Waals surface area (Å²) in [5.74, 6) is 0.115. The number of halogens is 1. The largest absolute Gasteiger partial charge is 0.339 e. The van der Waals surface area contributed by atoms with Crippen molar-refractivity contribution in [3.8, 4) is 0 Å². The number of amides is 2. The Labute approximate surface area is 195 Å². The van der Waals surface area contributed by atoms with Crippen molar-refractivity contribution in [2.45, 2.75) is 42.5 Å². The second-order valence-corrected chi connectivity index (χ2v) is 10.5. The van der Waals surface area contributed by atoms with Crippen LogP contribution < -0.4 is 5.32 Å². The van der Waals surface area contributed by atoms with Crippen LogP contribution in [0.3, 0.4) is 0 Å². The number of hydrogen-bond donors (Lipinski definition) is 1. The summed E-state index contributed by atoms with van der Waals surface area (Å²) in [6.07, 6.45) is 6.63. The van der Waals surface area contributed by atoms with Gasteiger partial charge in [0.05, 0.1) is 5.75 Å². The van der Waals surface area contributed by atoms with Crippen LogP contribution in [0.1, 0.15) is 41.9 Å². The molecule has 1 aliphatic heterocycles. The van der Waals surface area contributed by atoms with Crippen molar-refractivity contribution >= 4 is 52.2 Å². The molecule has 0 radical (unpaired) electrons. The van der Waals surface area contributed by atoms with Gasteiger partial charge in [-0.25, -0.2) is 0 Å². The van der Waals surface area contributed by atoms with Gasteiger partial charge in [-0.15, -0.1) is 10.2 Å². The molecular formula is C21H26ClN5O2S2. The second-order valence-electron chi connectivity index (χ2n) is 7.83. The molecule has 2 aromatic rings. The highest BCUT2D eigenvalue weighted by molar-refractivity contribution is 8.01. The highest BCUT2D eigenvalue weighted by Crippen LogP contribution is 2.25. The van der Waals surface area contributed by atoms with Crippen molar-refractivity contribution < 1.29 is 9.59 Å². The van der Waals surface area contributed by atoms with Crippen LogP contribution in [0.4, 0.5) is 5.69 Å². The average molecular weight is 480 g/mol. The number of nitrogens with zero attached hydrogens (tertiary/aromatic N) is 4. The van der Waals surface area contributed by atoms with E-state index in [9.17, 15) is 9.59 Å². The van der Waals surface area contributed by atoms with Gasteiger partial charge in [-0.3, -0.25) is 14.5 Å². The maximum Gasteiger partial charge on any atom is 0.286 e. The lowest BCUT2D eigenvalue weighted by molar-refractivity contribution is -0.130. The predicted octanol–water partition coefficient (Wildman–Crippen LogP) is 4.01. The quantitative estimate of drug-likeness (QED) is 0.630. The van der Waals surface area contributed by atoms with Crippen LogP contribution in [0.15, 0.2) is 28.6 Å². The number of nitrogens with one attached hydrogen (secondary N) is 1. The van der Waals surface area contributed by atoms with Gasteiger partial charge >= 0.3 is 0 Å². The fourth-order valence-electron chi connectivity index (χ4n) is 4.08. The molecule has 0 unspecified atom stereocenters. The summed E-state index contributed by atoms with van der Waals surface area (Å²) in [6, 6.07) is 7.57. The van der Waals surface area contributed by atoms with E-state index in [-0.39, 0.29) is 16.8 Å². The highest BCUT2D eigenvalue weighted by atomic mass is 35.5. The van der Waals surface area contributed by atoms with E-state index in [4.69, 9.17) is 11.6 Å². The molecule has 2 amide bonds. The molecule has 31 heavy (non-hydrogen) atoms. The van der Waals surface area contributed by atoms with Gasteiger partial charge in [0.2, 0.25) is 10.9 Å². The molecule has 1 saturated carbocycles. The number of thioether (sulfide) groups is 1. The summed E-state index contributed by atoms with van der Waals surface area (Å²) in [4.78, 5) is 29.5. The molecule has 0 atom stereocenters. The lowest BCUT2D eigenvalue weighted by Crippen LogP contribution is -2.52. The van der Waals surface area contributed by atoms with Gasteiger partial charge in [-0.05, 0) is 37.1 Å². The van der Waals surface area contributed by atoms with Crippen molar-refractivity contribution in [3.05, 3.63) is 34.3 Å². The Hall–Kier alpha value is -1.68. The van der Waals surface area contributed by atoms with Crippen molar-refractivity contribution in [1.82, 2.24) is 20.0 Å². The zero-order valence-corrected chi connectivity index (χ0v) is 19.6. The van der Waals surface area contributed by atoms with Crippen LogP contribution in [0.25, 0.3) is 0 Å². The van der Waals surface area contributed by atoms with E-state index in [1.165, 1.54) is 55.2 Å². The Morgan fingerprint density at radius 3 is 2.48 bits per heavy atom. The number of hydrogen-bond acceptors (Lipinski definition) is 7. The molecule has 1 N–H and O–H groups in total. The summed E-state index contributed by atoms with van der Waals surface area (Å²) < 4.78 is 0.621. The van der Waals surface area contributed by atoms with Crippen LogP contribution in [0, 0.1) is 0 Å². The first kappa shape index (κ1) is 22.5. The summed E-state index contributed by atoms with van der Waals surface area (Å²) in [7, 11) is 0. The van der Waals surface area contributed by atoms with Gasteiger partial charge < -0.3 is 10.2 Å². The summed E-state index contributed by atoms with van der Waals surface area (Å²) in [5, 5.41) is 11.7. The van der Waals surface area contributed by atoms with Crippen LogP contribution in [0.5, 0.6) is 0 Å². The molecule has 166 valence electrons. The number of piperazine rings is 1. The monoisotopic (exact) mass is 479 g/mol. The van der Waals surface area contributed by atoms with Crippen LogP contribution in [-0.2, 0) is 4.79 Å². The molecule has 4 rings (SSSR count). The molecular weight excluding hydrogens is 454 g/mol. The fourth-order valence-corrected chi connectivity index (χ4v) is 5.85. The molecule has 2 heterocycles. The first-order valence-corrected chi connectivity index (χ1v) is 12.8. The van der Waals surface area contributed by atoms with Crippen LogP contribution in [0.2, 0.25) is 5.02 Å². The molecule has 1 aromatic heterocycles. The van der Waals surface area contributed by atoms with Gasteiger partial charge in [0, 0.05) is 42.9 Å². The van der Waals surface area contributed by atoms with Crippen LogP contribution in [-0.4, -0.2) is 69.8 Å².